The summed E-state index contributed by atoms with van der Waals surface area (Å²) in [6.07, 6.45) is -1.04. The van der Waals surface area contributed by atoms with Gasteiger partial charge in [-0.1, -0.05) is 18.2 Å². The summed E-state index contributed by atoms with van der Waals surface area (Å²) in [4.78, 5) is 10.1. The van der Waals surface area contributed by atoms with E-state index in [0.29, 0.717) is 5.69 Å². The number of rotatable bonds is 1. The molecule has 1 aliphatic rings. The fourth-order valence-corrected chi connectivity index (χ4v) is 1.16. The number of morpholine rings is 1. The third kappa shape index (κ3) is 6.00. The van der Waals surface area contributed by atoms with E-state index in [1.807, 2.05) is 6.07 Å². The van der Waals surface area contributed by atoms with Crippen molar-refractivity contribution in [2.45, 2.75) is 0 Å². The zero-order valence-corrected chi connectivity index (χ0v) is 8.98. The van der Waals surface area contributed by atoms with E-state index in [0.717, 1.165) is 26.3 Å². The van der Waals surface area contributed by atoms with Crippen molar-refractivity contribution in [3.63, 3.8) is 0 Å². The monoisotopic (exact) mass is 224 g/mol. The zero-order valence-electron chi connectivity index (χ0n) is 8.98. The summed E-state index contributed by atoms with van der Waals surface area (Å²) in [7, 11) is 0. The Balaban J connectivity index is 0.000000181. The SMILES string of the molecule is C1COCCN1.O=C(O)Nc1ccccc1. The number of benzene rings is 1. The average Bonchev–Trinajstić information content (AvgIpc) is 2.32. The van der Waals surface area contributed by atoms with Crippen LogP contribution in [-0.2, 0) is 4.74 Å². The van der Waals surface area contributed by atoms with Gasteiger partial charge in [0.15, 0.2) is 0 Å². The van der Waals surface area contributed by atoms with Gasteiger partial charge in [-0.2, -0.15) is 0 Å². The molecule has 3 N–H and O–H groups in total. The van der Waals surface area contributed by atoms with Crippen LogP contribution in [-0.4, -0.2) is 37.5 Å². The number of carboxylic acid groups (broad SMARTS) is 1. The highest BCUT2D eigenvalue weighted by Crippen LogP contribution is 2.03. The van der Waals surface area contributed by atoms with E-state index in [2.05, 4.69) is 10.6 Å². The number of hydrogen-bond acceptors (Lipinski definition) is 3. The highest BCUT2D eigenvalue weighted by atomic mass is 16.5. The predicted octanol–water partition coefficient (Wildman–Crippen LogP) is 1.38. The molecule has 0 atom stereocenters. The smallest absolute Gasteiger partial charge is 0.409 e. The Kier molecular flexibility index (Phi) is 5.98. The Hall–Kier alpha value is -1.59. The van der Waals surface area contributed by atoms with Crippen LogP contribution in [0.5, 0.6) is 0 Å². The molecule has 1 aromatic rings. The van der Waals surface area contributed by atoms with Gasteiger partial charge in [0, 0.05) is 18.8 Å². The standard InChI is InChI=1S/C7H7NO2.C4H9NO/c9-7(10)8-6-4-2-1-3-5-6;1-3-6-4-2-5-1/h1-5,8H,(H,9,10);5H,1-4H2. The summed E-state index contributed by atoms with van der Waals surface area (Å²) in [6.45, 7) is 3.83. The van der Waals surface area contributed by atoms with Crippen molar-refractivity contribution in [1.82, 2.24) is 5.32 Å². The Morgan fingerprint density at radius 3 is 2.25 bits per heavy atom. The molecule has 0 saturated carbocycles. The van der Waals surface area contributed by atoms with Gasteiger partial charge in [0.25, 0.3) is 0 Å². The lowest BCUT2D eigenvalue weighted by atomic mass is 10.3. The van der Waals surface area contributed by atoms with Gasteiger partial charge in [-0.15, -0.1) is 0 Å². The molecule has 5 heteroatoms. The third-order valence-corrected chi connectivity index (χ3v) is 1.87. The van der Waals surface area contributed by atoms with Gasteiger partial charge in [0.1, 0.15) is 0 Å². The van der Waals surface area contributed by atoms with Gasteiger partial charge in [0.05, 0.1) is 13.2 Å². The van der Waals surface area contributed by atoms with Crippen LogP contribution in [0.4, 0.5) is 10.5 Å². The fourth-order valence-electron chi connectivity index (χ4n) is 1.16. The van der Waals surface area contributed by atoms with E-state index in [1.54, 1.807) is 24.3 Å². The number of carbonyl (C=O) groups is 1. The molecule has 0 radical (unpaired) electrons. The lowest BCUT2D eigenvalue weighted by Crippen LogP contribution is -2.30. The van der Waals surface area contributed by atoms with Crippen LogP contribution in [0.2, 0.25) is 0 Å². The molecule has 0 aromatic heterocycles. The van der Waals surface area contributed by atoms with Crippen molar-refractivity contribution in [3.8, 4) is 0 Å². The van der Waals surface area contributed by atoms with Gasteiger partial charge in [0.2, 0.25) is 0 Å². The maximum atomic E-state index is 10.1. The Bertz CT molecular complexity index is 288. The van der Waals surface area contributed by atoms with Crippen LogP contribution in [0.3, 0.4) is 0 Å². The minimum Gasteiger partial charge on any atom is -0.465 e. The first-order valence-corrected chi connectivity index (χ1v) is 5.12. The van der Waals surface area contributed by atoms with Gasteiger partial charge in [-0.05, 0) is 12.1 Å². The van der Waals surface area contributed by atoms with Crippen LogP contribution in [0, 0.1) is 0 Å². The predicted molar refractivity (Wildman–Crippen MR) is 61.8 cm³/mol. The van der Waals surface area contributed by atoms with Crippen molar-refractivity contribution in [1.29, 1.82) is 0 Å². The molecule has 1 saturated heterocycles. The number of anilines is 1. The molecule has 0 spiro atoms. The number of nitrogens with one attached hydrogen (secondary N) is 2. The van der Waals surface area contributed by atoms with Crippen LogP contribution < -0.4 is 10.6 Å². The highest BCUT2D eigenvalue weighted by Gasteiger charge is 1.93. The molecule has 1 aromatic carbocycles. The quantitative estimate of drug-likeness (QED) is 0.674. The van der Waals surface area contributed by atoms with E-state index in [4.69, 9.17) is 9.84 Å². The average molecular weight is 224 g/mol. The Morgan fingerprint density at radius 1 is 1.25 bits per heavy atom. The van der Waals surface area contributed by atoms with E-state index >= 15 is 0 Å². The summed E-state index contributed by atoms with van der Waals surface area (Å²) in [5.74, 6) is 0. The largest absolute Gasteiger partial charge is 0.465 e. The number of ether oxygens (including phenoxy) is 1. The first kappa shape index (κ1) is 12.5. The van der Waals surface area contributed by atoms with Crippen LogP contribution >= 0.6 is 0 Å². The minimum absolute atomic E-state index is 0.593. The molecular formula is C11H16N2O3. The fraction of sp³-hybridized carbons (Fsp3) is 0.364. The second-order valence-electron chi connectivity index (χ2n) is 3.16. The van der Waals surface area contributed by atoms with Gasteiger partial charge < -0.3 is 15.2 Å². The van der Waals surface area contributed by atoms with E-state index in [9.17, 15) is 4.79 Å². The van der Waals surface area contributed by atoms with Crippen LogP contribution in [0.1, 0.15) is 0 Å². The number of amides is 1. The number of hydrogen-bond donors (Lipinski definition) is 3. The molecule has 5 nitrogen and oxygen atoms in total. The van der Waals surface area contributed by atoms with Crippen LogP contribution in [0.15, 0.2) is 30.3 Å². The first-order valence-electron chi connectivity index (χ1n) is 5.12. The summed E-state index contributed by atoms with van der Waals surface area (Å²) in [5, 5.41) is 13.6. The van der Waals surface area contributed by atoms with Crippen molar-refractivity contribution in [2.75, 3.05) is 31.6 Å². The Labute approximate surface area is 94.4 Å². The van der Waals surface area contributed by atoms with E-state index in [-0.39, 0.29) is 0 Å². The van der Waals surface area contributed by atoms with Gasteiger partial charge in [-0.3, -0.25) is 5.32 Å². The first-order chi connectivity index (χ1) is 7.79. The topological polar surface area (TPSA) is 70.6 Å². The summed E-state index contributed by atoms with van der Waals surface area (Å²) in [6, 6.07) is 8.74. The van der Waals surface area contributed by atoms with Crippen molar-refractivity contribution < 1.29 is 14.6 Å². The summed E-state index contributed by atoms with van der Waals surface area (Å²) >= 11 is 0. The minimum atomic E-state index is -1.04. The molecule has 0 bridgehead atoms. The second-order valence-corrected chi connectivity index (χ2v) is 3.16. The summed E-state index contributed by atoms with van der Waals surface area (Å²) in [5.41, 5.74) is 0.593. The maximum Gasteiger partial charge on any atom is 0.409 e. The molecule has 1 heterocycles. The molecule has 88 valence electrons. The second kappa shape index (κ2) is 7.67. The van der Waals surface area contributed by atoms with Crippen molar-refractivity contribution in [2.24, 2.45) is 0 Å². The molecule has 16 heavy (non-hydrogen) atoms. The molecule has 1 aliphatic heterocycles. The van der Waals surface area contributed by atoms with E-state index in [1.165, 1.54) is 0 Å². The molecule has 1 fully saturated rings. The van der Waals surface area contributed by atoms with Gasteiger partial charge >= 0.3 is 6.09 Å². The maximum absolute atomic E-state index is 10.1. The summed E-state index contributed by atoms with van der Waals surface area (Å²) < 4.78 is 5.01. The molecule has 0 unspecified atom stereocenters. The number of para-hydroxylation sites is 1. The molecule has 2 rings (SSSR count). The zero-order chi connectivity index (χ0) is 11.6. The molecule has 0 aliphatic carbocycles. The van der Waals surface area contributed by atoms with Gasteiger partial charge in [-0.25, -0.2) is 4.79 Å². The highest BCUT2D eigenvalue weighted by molar-refractivity contribution is 5.82. The normalized spacial score (nSPS) is 14.5. The van der Waals surface area contributed by atoms with E-state index < -0.39 is 6.09 Å². The van der Waals surface area contributed by atoms with Crippen molar-refractivity contribution >= 4 is 11.8 Å². The van der Waals surface area contributed by atoms with Crippen molar-refractivity contribution in [3.05, 3.63) is 30.3 Å². The third-order valence-electron chi connectivity index (χ3n) is 1.87. The lowest BCUT2D eigenvalue weighted by Gasteiger charge is -2.10. The molecule has 1 amide bonds. The Morgan fingerprint density at radius 2 is 1.88 bits per heavy atom. The lowest BCUT2D eigenvalue weighted by molar-refractivity contribution is 0.109. The molecular weight excluding hydrogens is 208 g/mol. The van der Waals surface area contributed by atoms with Crippen LogP contribution in [0.25, 0.3) is 0 Å².